The Morgan fingerprint density at radius 3 is 2.38 bits per heavy atom. The molecule has 1 unspecified atom stereocenters. The van der Waals surface area contributed by atoms with E-state index in [0.29, 0.717) is 12.1 Å². The Hall–Kier alpha value is -3.09. The van der Waals surface area contributed by atoms with Crippen LogP contribution in [0.4, 0.5) is 15.3 Å². The van der Waals surface area contributed by atoms with E-state index >= 15 is 0 Å². The van der Waals surface area contributed by atoms with Crippen LogP contribution in [0.3, 0.4) is 0 Å². The third kappa shape index (κ3) is 3.80. The van der Waals surface area contributed by atoms with E-state index in [0.717, 1.165) is 4.90 Å². The van der Waals surface area contributed by atoms with E-state index in [2.05, 4.69) is 5.32 Å². The van der Waals surface area contributed by atoms with Crippen molar-refractivity contribution in [2.45, 2.75) is 18.5 Å². The second-order valence-corrected chi connectivity index (χ2v) is 7.37. The molecule has 12 nitrogen and oxygen atoms in total. The average Bonchev–Trinajstić information content (AvgIpc) is 3.04. The second-order valence-electron chi connectivity index (χ2n) is 7.37. The molecule has 3 aliphatic rings. The first-order valence-corrected chi connectivity index (χ1v) is 9.38. The fraction of sp³-hybridized carbons (Fsp3) is 0.316. The van der Waals surface area contributed by atoms with Gasteiger partial charge in [0.05, 0.1) is 17.7 Å². The topological polar surface area (TPSA) is 188 Å². The van der Waals surface area contributed by atoms with E-state index in [1.807, 2.05) is 0 Å². The molecule has 0 saturated carbocycles. The number of carbonyl (C=O) groups is 5. The number of amides is 5. The number of hydrogen-bond donors (Lipinski definition) is 3. The van der Waals surface area contributed by atoms with E-state index in [4.69, 9.17) is 16.2 Å². The Bertz CT molecular complexity index is 1040. The molecule has 4 rings (SSSR count). The van der Waals surface area contributed by atoms with E-state index in [1.54, 1.807) is 0 Å². The summed E-state index contributed by atoms with van der Waals surface area (Å²) in [5.41, 5.74) is 10.8. The number of likely N-dealkylation sites (tertiary alicyclic amines) is 1. The van der Waals surface area contributed by atoms with Gasteiger partial charge in [-0.1, -0.05) is 0 Å². The van der Waals surface area contributed by atoms with Gasteiger partial charge in [-0.2, -0.15) is 0 Å². The van der Waals surface area contributed by atoms with Gasteiger partial charge in [-0.05, 0) is 36.3 Å². The van der Waals surface area contributed by atoms with Crippen LogP contribution in [0.15, 0.2) is 35.5 Å². The summed E-state index contributed by atoms with van der Waals surface area (Å²) < 4.78 is 4.76. The molecule has 0 bridgehead atoms. The summed E-state index contributed by atoms with van der Waals surface area (Å²) in [6.07, 6.45) is -0.714. The zero-order valence-electron chi connectivity index (χ0n) is 17.1. The summed E-state index contributed by atoms with van der Waals surface area (Å²) in [6, 6.07) is 3.94. The Morgan fingerprint density at radius 1 is 1.16 bits per heavy atom. The fourth-order valence-electron chi connectivity index (χ4n) is 4.46. The van der Waals surface area contributed by atoms with Crippen LogP contribution < -0.4 is 51.4 Å². The molecule has 0 spiro atoms. The molecule has 0 radical (unpaired) electrons. The first-order chi connectivity index (χ1) is 14.7. The van der Waals surface area contributed by atoms with Crippen molar-refractivity contribution in [3.63, 3.8) is 0 Å². The van der Waals surface area contributed by atoms with Crippen LogP contribution in [0.5, 0.6) is 0 Å². The number of hydrogen-bond acceptors (Lipinski definition) is 7. The zero-order chi connectivity index (χ0) is 22.4. The second kappa shape index (κ2) is 8.81. The predicted octanol–water partition coefficient (Wildman–Crippen LogP) is -4.66. The van der Waals surface area contributed by atoms with Crippen LogP contribution >= 0.6 is 0 Å². The summed E-state index contributed by atoms with van der Waals surface area (Å²) in [6.45, 7) is -0.189. The minimum Gasteiger partial charge on any atom is -0.543 e. The maximum atomic E-state index is 12.8. The monoisotopic (exact) mass is 451 g/mol. The molecule has 3 atom stereocenters. The first kappa shape index (κ1) is 23.6. The molecule has 3 aliphatic heterocycles. The Kier molecular flexibility index (Phi) is 6.49. The van der Waals surface area contributed by atoms with Crippen LogP contribution in [0.25, 0.3) is 0 Å². The molecule has 0 aliphatic carbocycles. The molecule has 2 saturated heterocycles. The molecule has 162 valence electrons. The number of carbonyl (C=O) groups excluding carboxylic acids is 5. The molecule has 32 heavy (non-hydrogen) atoms. The molecule has 5 N–H and O–H groups in total. The third-order valence-corrected chi connectivity index (χ3v) is 5.78. The van der Waals surface area contributed by atoms with Gasteiger partial charge in [-0.3, -0.25) is 9.59 Å². The number of ether oxygens (including phenoxy) is 1. The summed E-state index contributed by atoms with van der Waals surface area (Å²) in [4.78, 5) is 61.7. The standard InChI is InChI=1S/C19H19N5O7.Na/c20-15(25)8-1-3-9(4-2-8)22-19(30)23-6-5-10-11(7-31-18(21)29)13(17(27)28)24-12(10)14(23)16(24)26;/h1-4,10,12,14H,5-7H2,(H2,20,25)(H2,21,29)(H,22,30)(H,27,28);/q;+1/p-1/t10?,12-,14+;/m1./s1. The number of carboxylic acid groups (broad SMARTS) is 1. The van der Waals surface area contributed by atoms with Crippen molar-refractivity contribution in [3.8, 4) is 0 Å². The minimum atomic E-state index is -1.56. The number of rotatable bonds is 5. The number of anilines is 1. The maximum absolute atomic E-state index is 12.8. The van der Waals surface area contributed by atoms with Gasteiger partial charge >= 0.3 is 41.7 Å². The number of nitrogens with zero attached hydrogens (tertiary/aromatic N) is 2. The number of piperidine rings is 1. The number of nitrogens with two attached hydrogens (primary N) is 2. The van der Waals surface area contributed by atoms with E-state index in [-0.39, 0.29) is 59.5 Å². The van der Waals surface area contributed by atoms with Gasteiger partial charge in [0.1, 0.15) is 12.6 Å². The number of carboxylic acids is 1. The first-order valence-electron chi connectivity index (χ1n) is 9.38. The quantitative estimate of drug-likeness (QED) is 0.296. The van der Waals surface area contributed by atoms with Gasteiger partial charge < -0.3 is 41.2 Å². The number of nitrogens with one attached hydrogen (secondary N) is 1. The molecule has 3 heterocycles. The Labute approximate surface area is 203 Å². The third-order valence-electron chi connectivity index (χ3n) is 5.78. The number of benzene rings is 1. The number of aliphatic carboxylic acids is 1. The molecule has 5 amide bonds. The van der Waals surface area contributed by atoms with Gasteiger partial charge in [0, 0.05) is 23.7 Å². The molecule has 13 heteroatoms. The van der Waals surface area contributed by atoms with Crippen molar-refractivity contribution < 1.29 is 63.4 Å². The summed E-state index contributed by atoms with van der Waals surface area (Å²) in [5.74, 6) is -3.11. The Morgan fingerprint density at radius 2 is 1.81 bits per heavy atom. The van der Waals surface area contributed by atoms with Crippen LogP contribution in [-0.2, 0) is 14.3 Å². The number of β-lactam (4-membered cyclic amide) rings is 1. The molecular formula is C19H18N5NaO7. The largest absolute Gasteiger partial charge is 1.00 e. The molecule has 0 aromatic heterocycles. The van der Waals surface area contributed by atoms with Crippen molar-refractivity contribution in [1.29, 1.82) is 0 Å². The molecule has 1 aromatic rings. The molecule has 2 fully saturated rings. The minimum absolute atomic E-state index is 0. The van der Waals surface area contributed by atoms with Crippen molar-refractivity contribution in [1.82, 2.24) is 9.80 Å². The average molecular weight is 451 g/mol. The van der Waals surface area contributed by atoms with Crippen LogP contribution in [0.1, 0.15) is 16.8 Å². The van der Waals surface area contributed by atoms with E-state index in [1.165, 1.54) is 29.2 Å². The van der Waals surface area contributed by atoms with Crippen molar-refractivity contribution in [2.75, 3.05) is 18.5 Å². The van der Waals surface area contributed by atoms with Crippen LogP contribution in [-0.4, -0.2) is 64.9 Å². The van der Waals surface area contributed by atoms with Crippen molar-refractivity contribution >= 4 is 35.6 Å². The van der Waals surface area contributed by atoms with Gasteiger partial charge in [-0.15, -0.1) is 0 Å². The van der Waals surface area contributed by atoms with Crippen LogP contribution in [0, 0.1) is 5.92 Å². The smallest absolute Gasteiger partial charge is 0.543 e. The van der Waals surface area contributed by atoms with Crippen molar-refractivity contribution in [2.24, 2.45) is 17.4 Å². The molecule has 1 aromatic carbocycles. The van der Waals surface area contributed by atoms with Crippen LogP contribution in [0.2, 0.25) is 0 Å². The normalized spacial score (nSPS) is 23.0. The SMILES string of the molecule is NC(=O)OCC1=C(C(=O)[O-])N2C(=O)[C@@H]3[C@H]2C1CCN3C(=O)Nc1ccc(C(N)=O)cc1.[Na+]. The number of primary amides is 2. The zero-order valence-corrected chi connectivity index (χ0v) is 19.1. The van der Waals surface area contributed by atoms with E-state index < -0.39 is 47.9 Å². The maximum Gasteiger partial charge on any atom is 1.00 e. The predicted molar refractivity (Wildman–Crippen MR) is 101 cm³/mol. The van der Waals surface area contributed by atoms with Crippen molar-refractivity contribution in [3.05, 3.63) is 41.1 Å². The summed E-state index contributed by atoms with van der Waals surface area (Å²) in [7, 11) is 0. The fourth-order valence-corrected chi connectivity index (χ4v) is 4.46. The van der Waals surface area contributed by atoms with Gasteiger partial charge in [0.15, 0.2) is 0 Å². The summed E-state index contributed by atoms with van der Waals surface area (Å²) in [5, 5.41) is 14.3. The summed E-state index contributed by atoms with van der Waals surface area (Å²) >= 11 is 0. The van der Waals surface area contributed by atoms with E-state index in [9.17, 15) is 29.1 Å². The van der Waals surface area contributed by atoms with Gasteiger partial charge in [-0.25, -0.2) is 9.59 Å². The van der Waals surface area contributed by atoms with Gasteiger partial charge in [0.25, 0.3) is 5.91 Å². The number of urea groups is 1. The van der Waals surface area contributed by atoms with Gasteiger partial charge in [0.2, 0.25) is 5.91 Å². The molecular weight excluding hydrogens is 433 g/mol. The Balaban J connectivity index is 0.00000289.